The van der Waals surface area contributed by atoms with Gasteiger partial charge in [-0.05, 0) is 12.1 Å². The molecule has 2 N–H and O–H groups in total. The number of nitrogens with one attached hydrogen (secondary N) is 2. The van der Waals surface area contributed by atoms with E-state index in [1.165, 1.54) is 6.07 Å². The van der Waals surface area contributed by atoms with Gasteiger partial charge in [0, 0.05) is 0 Å². The normalized spacial score (nSPS) is 10.9. The third-order valence-electron chi connectivity index (χ3n) is 1.61. The van der Waals surface area contributed by atoms with Gasteiger partial charge in [-0.2, -0.15) is 0 Å². The number of aromatic nitrogens is 2. The molecule has 2 aromatic rings. The van der Waals surface area contributed by atoms with E-state index in [0.29, 0.717) is 5.82 Å². The highest BCUT2D eigenvalue weighted by Gasteiger charge is 1.91. The van der Waals surface area contributed by atoms with Gasteiger partial charge in [0.1, 0.15) is 0 Å². The van der Waals surface area contributed by atoms with Gasteiger partial charge < -0.3 is 0 Å². The summed E-state index contributed by atoms with van der Waals surface area (Å²) in [6, 6.07) is 10.6. The average Bonchev–Trinajstić information content (AvgIpc) is 2.63. The van der Waals surface area contributed by atoms with E-state index in [1.54, 1.807) is 0 Å². The molecular formula is C9H8N4O. The summed E-state index contributed by atoms with van der Waals surface area (Å²) in [6.07, 6.45) is 0. The quantitative estimate of drug-likeness (QED) is 0.696. The van der Waals surface area contributed by atoms with Gasteiger partial charge in [0.25, 0.3) is 5.56 Å². The van der Waals surface area contributed by atoms with E-state index in [0.717, 1.165) is 5.69 Å². The molecular weight excluding hydrogens is 180 g/mol. The van der Waals surface area contributed by atoms with Gasteiger partial charge >= 0.3 is 0 Å². The van der Waals surface area contributed by atoms with E-state index >= 15 is 0 Å². The van der Waals surface area contributed by atoms with E-state index in [2.05, 4.69) is 20.4 Å². The van der Waals surface area contributed by atoms with Crippen molar-refractivity contribution in [2.24, 2.45) is 10.2 Å². The maximum atomic E-state index is 10.7. The van der Waals surface area contributed by atoms with Crippen LogP contribution >= 0.6 is 0 Å². The maximum Gasteiger partial charge on any atom is 0.266 e. The molecule has 0 atom stereocenters. The fourth-order valence-corrected chi connectivity index (χ4v) is 0.982. The number of hydrogen-bond acceptors (Lipinski definition) is 3. The first kappa shape index (κ1) is 8.43. The van der Waals surface area contributed by atoms with Gasteiger partial charge in [-0.1, -0.05) is 18.2 Å². The molecule has 1 aromatic heterocycles. The molecule has 5 heteroatoms. The first-order valence-electron chi connectivity index (χ1n) is 4.09. The maximum absolute atomic E-state index is 10.7. The van der Waals surface area contributed by atoms with Crippen molar-refractivity contribution < 1.29 is 0 Å². The molecule has 5 nitrogen and oxygen atoms in total. The zero-order valence-electron chi connectivity index (χ0n) is 7.27. The number of azo groups is 1. The molecule has 0 bridgehead atoms. The monoisotopic (exact) mass is 188 g/mol. The Labute approximate surface area is 79.5 Å². The van der Waals surface area contributed by atoms with Crippen LogP contribution < -0.4 is 5.56 Å². The molecule has 0 unspecified atom stereocenters. The summed E-state index contributed by atoms with van der Waals surface area (Å²) in [5.41, 5.74) is 0.529. The fourth-order valence-electron chi connectivity index (χ4n) is 0.982. The molecule has 0 saturated heterocycles. The van der Waals surface area contributed by atoms with Crippen LogP contribution in [0.5, 0.6) is 0 Å². The predicted molar refractivity (Wildman–Crippen MR) is 52.0 cm³/mol. The van der Waals surface area contributed by atoms with Crippen LogP contribution in [0.1, 0.15) is 0 Å². The van der Waals surface area contributed by atoms with Crippen molar-refractivity contribution >= 4 is 11.5 Å². The topological polar surface area (TPSA) is 73.4 Å². The Morgan fingerprint density at radius 3 is 2.43 bits per heavy atom. The summed E-state index contributed by atoms with van der Waals surface area (Å²) in [6.45, 7) is 0. The smallest absolute Gasteiger partial charge is 0.266 e. The summed E-state index contributed by atoms with van der Waals surface area (Å²) >= 11 is 0. The number of aromatic amines is 2. The number of benzene rings is 1. The summed E-state index contributed by atoms with van der Waals surface area (Å²) in [7, 11) is 0. The Balaban J connectivity index is 2.19. The van der Waals surface area contributed by atoms with Gasteiger partial charge in [0.15, 0.2) is 5.82 Å². The van der Waals surface area contributed by atoms with E-state index in [9.17, 15) is 4.79 Å². The predicted octanol–water partition coefficient (Wildman–Crippen LogP) is 2.12. The first-order chi connectivity index (χ1) is 6.84. The van der Waals surface area contributed by atoms with Crippen molar-refractivity contribution in [3.8, 4) is 0 Å². The minimum Gasteiger partial charge on any atom is -0.280 e. The zero-order valence-corrected chi connectivity index (χ0v) is 7.27. The first-order valence-corrected chi connectivity index (χ1v) is 4.09. The molecule has 70 valence electrons. The SMILES string of the molecule is O=c1cc(N=Nc2ccccc2)[nH][nH]1. The van der Waals surface area contributed by atoms with E-state index in [1.807, 2.05) is 30.3 Å². The van der Waals surface area contributed by atoms with Crippen LogP contribution in [-0.4, -0.2) is 10.2 Å². The van der Waals surface area contributed by atoms with Crippen molar-refractivity contribution in [3.63, 3.8) is 0 Å². The molecule has 0 aliphatic heterocycles. The van der Waals surface area contributed by atoms with E-state index in [-0.39, 0.29) is 5.56 Å². The van der Waals surface area contributed by atoms with Crippen molar-refractivity contribution in [1.82, 2.24) is 10.2 Å². The van der Waals surface area contributed by atoms with Crippen LogP contribution in [-0.2, 0) is 0 Å². The van der Waals surface area contributed by atoms with Gasteiger partial charge in [0.2, 0.25) is 0 Å². The second-order valence-electron chi connectivity index (χ2n) is 2.68. The summed E-state index contributed by atoms with van der Waals surface area (Å²) in [4.78, 5) is 10.7. The fraction of sp³-hybridized carbons (Fsp3) is 0. The van der Waals surface area contributed by atoms with Crippen LogP contribution in [0, 0.1) is 0 Å². The minimum absolute atomic E-state index is 0.216. The minimum atomic E-state index is -0.216. The molecule has 0 radical (unpaired) electrons. The Kier molecular flexibility index (Phi) is 2.22. The lowest BCUT2D eigenvalue weighted by Gasteiger charge is -1.87. The number of nitrogens with zero attached hydrogens (tertiary/aromatic N) is 2. The Morgan fingerprint density at radius 1 is 1.00 bits per heavy atom. The molecule has 0 amide bonds. The lowest BCUT2D eigenvalue weighted by Crippen LogP contribution is -1.93. The summed E-state index contributed by atoms with van der Waals surface area (Å²) in [5.74, 6) is 0.416. The van der Waals surface area contributed by atoms with Crippen molar-refractivity contribution in [2.75, 3.05) is 0 Å². The summed E-state index contributed by atoms with van der Waals surface area (Å²) in [5, 5.41) is 12.7. The second kappa shape index (κ2) is 3.69. The third-order valence-corrected chi connectivity index (χ3v) is 1.61. The van der Waals surface area contributed by atoms with Gasteiger partial charge in [0.05, 0.1) is 11.8 Å². The van der Waals surface area contributed by atoms with E-state index < -0.39 is 0 Å². The van der Waals surface area contributed by atoms with Crippen LogP contribution in [0.2, 0.25) is 0 Å². The highest BCUT2D eigenvalue weighted by molar-refractivity contribution is 5.36. The second-order valence-corrected chi connectivity index (χ2v) is 2.68. The van der Waals surface area contributed by atoms with Gasteiger partial charge in [-0.3, -0.25) is 15.0 Å². The lowest BCUT2D eigenvalue weighted by molar-refractivity contribution is 1.03. The Hall–Kier alpha value is -2.17. The molecule has 0 aliphatic carbocycles. The largest absolute Gasteiger partial charge is 0.280 e. The molecule has 0 fully saturated rings. The standard InChI is InChI=1S/C9H8N4O/c14-9-6-8(12-13-9)11-10-7-4-2-1-3-5-7/h1-6H,(H2,12,13,14). The van der Waals surface area contributed by atoms with Gasteiger partial charge in [-0.25, -0.2) is 0 Å². The van der Waals surface area contributed by atoms with Crippen molar-refractivity contribution in [2.45, 2.75) is 0 Å². The van der Waals surface area contributed by atoms with Crippen molar-refractivity contribution in [1.29, 1.82) is 0 Å². The van der Waals surface area contributed by atoms with Crippen molar-refractivity contribution in [3.05, 3.63) is 46.8 Å². The molecule has 14 heavy (non-hydrogen) atoms. The molecule has 2 rings (SSSR count). The average molecular weight is 188 g/mol. The number of rotatable bonds is 2. The highest BCUT2D eigenvalue weighted by Crippen LogP contribution is 2.13. The molecule has 0 saturated carbocycles. The Morgan fingerprint density at radius 2 is 1.79 bits per heavy atom. The van der Waals surface area contributed by atoms with Crippen LogP contribution in [0.25, 0.3) is 0 Å². The molecule has 1 heterocycles. The van der Waals surface area contributed by atoms with Gasteiger partial charge in [-0.15, -0.1) is 10.2 Å². The summed E-state index contributed by atoms with van der Waals surface area (Å²) < 4.78 is 0. The third kappa shape index (κ3) is 1.95. The van der Waals surface area contributed by atoms with Crippen LogP contribution in [0.3, 0.4) is 0 Å². The van der Waals surface area contributed by atoms with Crippen LogP contribution in [0.4, 0.5) is 11.5 Å². The number of hydrogen-bond donors (Lipinski definition) is 2. The zero-order chi connectivity index (χ0) is 9.80. The molecule has 1 aromatic carbocycles. The Bertz CT molecular complexity index is 483. The highest BCUT2D eigenvalue weighted by atomic mass is 16.1. The van der Waals surface area contributed by atoms with E-state index in [4.69, 9.17) is 0 Å². The lowest BCUT2D eigenvalue weighted by atomic mass is 10.3. The molecule has 0 spiro atoms. The number of H-pyrrole nitrogens is 2. The van der Waals surface area contributed by atoms with Crippen LogP contribution in [0.15, 0.2) is 51.4 Å². The molecule has 0 aliphatic rings.